The minimum atomic E-state index is 0.0641. The van der Waals surface area contributed by atoms with E-state index in [-0.39, 0.29) is 5.91 Å². The lowest BCUT2D eigenvalue weighted by atomic mass is 10.0. The molecule has 5 heteroatoms. The van der Waals surface area contributed by atoms with E-state index in [0.717, 1.165) is 41.1 Å². The van der Waals surface area contributed by atoms with Crippen molar-refractivity contribution in [3.05, 3.63) is 59.0 Å². The summed E-state index contributed by atoms with van der Waals surface area (Å²) in [6.45, 7) is 12.5. The number of hydrogen-bond acceptors (Lipinski definition) is 3. The topological polar surface area (TPSA) is 51.0 Å². The molecule has 1 aromatic carbocycles. The second-order valence-electron chi connectivity index (χ2n) is 7.92. The number of benzene rings is 1. The van der Waals surface area contributed by atoms with Gasteiger partial charge in [-0.15, -0.1) is 0 Å². The Labute approximate surface area is 167 Å². The Bertz CT molecular complexity index is 974. The van der Waals surface area contributed by atoms with Crippen molar-refractivity contribution >= 4 is 17.1 Å². The molecule has 2 aromatic heterocycles. The summed E-state index contributed by atoms with van der Waals surface area (Å²) < 4.78 is 2.15. The van der Waals surface area contributed by atoms with Gasteiger partial charge in [-0.1, -0.05) is 38.5 Å². The summed E-state index contributed by atoms with van der Waals surface area (Å²) in [6.07, 6.45) is 2.79. The normalized spacial score (nSPS) is 11.4. The number of carbonyl (C=O) groups is 1. The molecule has 0 N–H and O–H groups in total. The molecule has 0 radical (unpaired) electrons. The second-order valence-corrected chi connectivity index (χ2v) is 7.92. The average molecular weight is 379 g/mol. The van der Waals surface area contributed by atoms with Crippen LogP contribution in [-0.4, -0.2) is 31.9 Å². The van der Waals surface area contributed by atoms with Crippen LogP contribution in [0.4, 0.5) is 0 Å². The quantitative estimate of drug-likeness (QED) is 0.596. The Kier molecular flexibility index (Phi) is 6.12. The second kappa shape index (κ2) is 8.55. The van der Waals surface area contributed by atoms with Gasteiger partial charge >= 0.3 is 0 Å². The number of fused-ring (bicyclic) bond motifs is 1. The van der Waals surface area contributed by atoms with Gasteiger partial charge in [-0.2, -0.15) is 0 Å². The van der Waals surface area contributed by atoms with Crippen molar-refractivity contribution in [1.82, 2.24) is 19.4 Å². The van der Waals surface area contributed by atoms with Gasteiger partial charge in [0.2, 0.25) is 0 Å². The Balaban J connectivity index is 1.98. The van der Waals surface area contributed by atoms with Crippen LogP contribution in [0.15, 0.2) is 36.5 Å². The van der Waals surface area contributed by atoms with Crippen LogP contribution in [0.1, 0.15) is 54.5 Å². The fourth-order valence-electron chi connectivity index (χ4n) is 3.64. The molecule has 0 aliphatic carbocycles. The zero-order valence-corrected chi connectivity index (χ0v) is 17.6. The number of carbonyl (C=O) groups excluding carboxylic acids is 1. The summed E-state index contributed by atoms with van der Waals surface area (Å²) in [5.41, 5.74) is 4.72. The van der Waals surface area contributed by atoms with E-state index >= 15 is 0 Å². The van der Waals surface area contributed by atoms with Gasteiger partial charge in [0.1, 0.15) is 11.3 Å². The summed E-state index contributed by atoms with van der Waals surface area (Å²) >= 11 is 0. The van der Waals surface area contributed by atoms with Gasteiger partial charge in [-0.05, 0) is 49.9 Å². The highest BCUT2D eigenvalue weighted by Gasteiger charge is 2.22. The van der Waals surface area contributed by atoms with Crippen LogP contribution in [0, 0.1) is 19.8 Å². The number of amides is 1. The van der Waals surface area contributed by atoms with Gasteiger partial charge in [0, 0.05) is 24.8 Å². The third-order valence-electron chi connectivity index (χ3n) is 4.85. The minimum absolute atomic E-state index is 0.0641. The van der Waals surface area contributed by atoms with Gasteiger partial charge in [-0.25, -0.2) is 9.97 Å². The van der Waals surface area contributed by atoms with Gasteiger partial charge in [0.15, 0.2) is 5.65 Å². The molecular formula is C23H30N4O. The maximum Gasteiger partial charge on any atom is 0.254 e. The summed E-state index contributed by atoms with van der Waals surface area (Å²) in [5.74, 6) is 1.33. The molecule has 0 aliphatic heterocycles. The third-order valence-corrected chi connectivity index (χ3v) is 4.85. The van der Waals surface area contributed by atoms with Crippen LogP contribution in [0.25, 0.3) is 11.2 Å². The van der Waals surface area contributed by atoms with Crippen LogP contribution in [-0.2, 0) is 13.1 Å². The van der Waals surface area contributed by atoms with Crippen molar-refractivity contribution < 1.29 is 4.79 Å². The number of imidazole rings is 1. The summed E-state index contributed by atoms with van der Waals surface area (Å²) in [7, 11) is 0. The van der Waals surface area contributed by atoms with E-state index < -0.39 is 0 Å². The fraction of sp³-hybridized carbons (Fsp3) is 0.435. The molecule has 0 saturated carbocycles. The van der Waals surface area contributed by atoms with Crippen molar-refractivity contribution in [2.24, 2.45) is 5.92 Å². The number of aromatic nitrogens is 3. The van der Waals surface area contributed by atoms with Crippen LogP contribution in [0.3, 0.4) is 0 Å². The molecule has 0 bridgehead atoms. The van der Waals surface area contributed by atoms with Crippen molar-refractivity contribution in [3.8, 4) is 0 Å². The molecule has 5 nitrogen and oxygen atoms in total. The Morgan fingerprint density at radius 1 is 1.21 bits per heavy atom. The van der Waals surface area contributed by atoms with Gasteiger partial charge in [0.05, 0.1) is 6.54 Å². The molecule has 2 heterocycles. The lowest BCUT2D eigenvalue weighted by Gasteiger charge is -2.25. The lowest BCUT2D eigenvalue weighted by Crippen LogP contribution is -2.35. The smallest absolute Gasteiger partial charge is 0.254 e. The fourth-order valence-corrected chi connectivity index (χ4v) is 3.64. The molecule has 28 heavy (non-hydrogen) atoms. The first-order valence-electron chi connectivity index (χ1n) is 10.1. The molecular weight excluding hydrogens is 348 g/mol. The molecule has 0 aliphatic rings. The van der Waals surface area contributed by atoms with Gasteiger partial charge in [-0.3, -0.25) is 4.79 Å². The summed E-state index contributed by atoms with van der Waals surface area (Å²) in [4.78, 5) is 24.6. The van der Waals surface area contributed by atoms with Crippen LogP contribution >= 0.6 is 0 Å². The van der Waals surface area contributed by atoms with E-state index in [1.165, 1.54) is 5.56 Å². The van der Waals surface area contributed by atoms with E-state index in [4.69, 9.17) is 4.98 Å². The monoisotopic (exact) mass is 378 g/mol. The number of hydrogen-bond donors (Lipinski definition) is 0. The van der Waals surface area contributed by atoms with Crippen molar-refractivity contribution in [3.63, 3.8) is 0 Å². The van der Waals surface area contributed by atoms with Crippen LogP contribution < -0.4 is 0 Å². The Morgan fingerprint density at radius 3 is 2.68 bits per heavy atom. The molecule has 3 rings (SSSR count). The SMILES string of the molecule is CCCn1c(CN(CC(C)C)C(=O)c2ccc(C)cc2C)nc2cccnc21. The molecule has 0 fully saturated rings. The predicted octanol–water partition coefficient (Wildman–Crippen LogP) is 4.76. The van der Waals surface area contributed by atoms with Crippen molar-refractivity contribution in [1.29, 1.82) is 0 Å². The summed E-state index contributed by atoms with van der Waals surface area (Å²) in [6, 6.07) is 9.90. The zero-order valence-electron chi connectivity index (χ0n) is 17.6. The lowest BCUT2D eigenvalue weighted by molar-refractivity contribution is 0.0715. The van der Waals surface area contributed by atoms with Crippen LogP contribution in [0.2, 0.25) is 0 Å². The molecule has 0 spiro atoms. The molecule has 0 saturated heterocycles. The first-order valence-corrected chi connectivity index (χ1v) is 10.1. The highest BCUT2D eigenvalue weighted by Crippen LogP contribution is 2.19. The zero-order chi connectivity index (χ0) is 20.3. The number of rotatable bonds is 7. The highest BCUT2D eigenvalue weighted by atomic mass is 16.2. The van der Waals surface area contributed by atoms with E-state index in [2.05, 4.69) is 36.4 Å². The molecule has 0 atom stereocenters. The van der Waals surface area contributed by atoms with Gasteiger partial charge < -0.3 is 9.47 Å². The number of nitrogens with zero attached hydrogens (tertiary/aromatic N) is 4. The van der Waals surface area contributed by atoms with E-state index in [1.807, 2.05) is 43.0 Å². The summed E-state index contributed by atoms with van der Waals surface area (Å²) in [5, 5.41) is 0. The average Bonchev–Trinajstić information content (AvgIpc) is 2.98. The van der Waals surface area contributed by atoms with E-state index in [0.29, 0.717) is 19.0 Å². The third kappa shape index (κ3) is 4.24. The maximum atomic E-state index is 13.4. The predicted molar refractivity (Wildman–Crippen MR) is 113 cm³/mol. The first-order chi connectivity index (χ1) is 13.4. The van der Waals surface area contributed by atoms with Crippen molar-refractivity contribution in [2.75, 3.05) is 6.54 Å². The van der Waals surface area contributed by atoms with Gasteiger partial charge in [0.25, 0.3) is 5.91 Å². The highest BCUT2D eigenvalue weighted by molar-refractivity contribution is 5.95. The standard InChI is InChI=1S/C23H30N4O/c1-6-12-27-21(25-20-8-7-11-24-22(20)27)15-26(14-16(2)3)23(28)19-10-9-17(4)13-18(19)5/h7-11,13,16H,6,12,14-15H2,1-5H3. The largest absolute Gasteiger partial charge is 0.331 e. The van der Waals surface area contributed by atoms with E-state index in [9.17, 15) is 4.79 Å². The molecule has 148 valence electrons. The molecule has 0 unspecified atom stereocenters. The van der Waals surface area contributed by atoms with Crippen LogP contribution in [0.5, 0.6) is 0 Å². The first kappa shape index (κ1) is 20.1. The molecule has 1 amide bonds. The Hall–Kier alpha value is -2.69. The number of pyridine rings is 1. The molecule has 3 aromatic rings. The minimum Gasteiger partial charge on any atom is -0.331 e. The van der Waals surface area contributed by atoms with E-state index in [1.54, 1.807) is 6.20 Å². The Morgan fingerprint density at radius 2 is 2.00 bits per heavy atom. The van der Waals surface area contributed by atoms with Crippen molar-refractivity contribution in [2.45, 2.75) is 54.1 Å². The maximum absolute atomic E-state index is 13.4. The number of aryl methyl sites for hydroxylation is 3.